The molecule has 0 saturated heterocycles. The molecule has 0 aliphatic carbocycles. The van der Waals surface area contributed by atoms with Crippen LogP contribution in [0.15, 0.2) is 29.3 Å². The predicted octanol–water partition coefficient (Wildman–Crippen LogP) is 3.16. The second-order valence-corrected chi connectivity index (χ2v) is 6.57. The molecule has 0 radical (unpaired) electrons. The highest BCUT2D eigenvalue weighted by molar-refractivity contribution is 14.0. The minimum atomic E-state index is 0. The minimum Gasteiger partial charge on any atom is -0.356 e. The van der Waals surface area contributed by atoms with Crippen LogP contribution in [0.2, 0.25) is 0 Å². The number of aliphatic imine (C=N–C) groups is 1. The lowest BCUT2D eigenvalue weighted by Gasteiger charge is -2.12. The Labute approximate surface area is 173 Å². The van der Waals surface area contributed by atoms with Gasteiger partial charge in [0.05, 0.1) is 6.54 Å². The van der Waals surface area contributed by atoms with Crippen LogP contribution in [0, 0.1) is 6.92 Å². The van der Waals surface area contributed by atoms with Gasteiger partial charge in [0.2, 0.25) is 0 Å². The summed E-state index contributed by atoms with van der Waals surface area (Å²) in [5, 5.41) is 14.8. The van der Waals surface area contributed by atoms with Crippen molar-refractivity contribution in [1.82, 2.24) is 25.4 Å². The van der Waals surface area contributed by atoms with Crippen LogP contribution in [0.1, 0.15) is 49.0 Å². The van der Waals surface area contributed by atoms with Crippen LogP contribution in [-0.4, -0.2) is 34.3 Å². The molecule has 0 fully saturated rings. The van der Waals surface area contributed by atoms with E-state index in [1.807, 2.05) is 18.5 Å². The molecule has 0 spiro atoms. The monoisotopic (exact) mass is 470 g/mol. The molecule has 26 heavy (non-hydrogen) atoms. The van der Waals surface area contributed by atoms with Crippen LogP contribution in [-0.2, 0) is 20.0 Å². The Bertz CT molecular complexity index is 691. The van der Waals surface area contributed by atoms with Crippen molar-refractivity contribution in [3.63, 3.8) is 0 Å². The summed E-state index contributed by atoms with van der Waals surface area (Å²) >= 11 is 0. The number of halogens is 1. The predicted molar refractivity (Wildman–Crippen MR) is 118 cm³/mol. The highest BCUT2D eigenvalue weighted by Gasteiger charge is 2.05. The Morgan fingerprint density at radius 1 is 1.15 bits per heavy atom. The maximum atomic E-state index is 4.25. The minimum absolute atomic E-state index is 0. The smallest absolute Gasteiger partial charge is 0.191 e. The second-order valence-electron chi connectivity index (χ2n) is 6.57. The molecule has 0 bridgehead atoms. The SMILES string of the molecule is CN=C(NCCCc1ccc(C(C)C)cc1)NCc1nnc(C)n1C.I. The largest absolute Gasteiger partial charge is 0.356 e. The van der Waals surface area contributed by atoms with E-state index in [0.717, 1.165) is 37.0 Å². The number of rotatable bonds is 7. The first-order valence-corrected chi connectivity index (χ1v) is 8.89. The fourth-order valence-electron chi connectivity index (χ4n) is 2.56. The van der Waals surface area contributed by atoms with Gasteiger partial charge in [-0.25, -0.2) is 0 Å². The standard InChI is InChI=1S/C19H30N6.HI/c1-14(2)17-10-8-16(9-11-17)7-6-12-21-19(20-4)22-13-18-24-23-15(3)25(18)5;/h8-11,14H,6-7,12-13H2,1-5H3,(H2,20,21,22);1H. The molecule has 0 aliphatic heterocycles. The Balaban J connectivity index is 0.00000338. The van der Waals surface area contributed by atoms with E-state index in [4.69, 9.17) is 0 Å². The summed E-state index contributed by atoms with van der Waals surface area (Å²) in [5.41, 5.74) is 2.77. The summed E-state index contributed by atoms with van der Waals surface area (Å²) in [6, 6.07) is 8.94. The van der Waals surface area contributed by atoms with E-state index >= 15 is 0 Å². The van der Waals surface area contributed by atoms with Gasteiger partial charge in [-0.3, -0.25) is 4.99 Å². The highest BCUT2D eigenvalue weighted by atomic mass is 127. The summed E-state index contributed by atoms with van der Waals surface area (Å²) in [6.45, 7) is 7.87. The summed E-state index contributed by atoms with van der Waals surface area (Å²) in [5.74, 6) is 3.17. The molecule has 0 aliphatic rings. The van der Waals surface area contributed by atoms with E-state index in [0.29, 0.717) is 12.5 Å². The zero-order valence-electron chi connectivity index (χ0n) is 16.4. The van der Waals surface area contributed by atoms with E-state index in [-0.39, 0.29) is 24.0 Å². The topological polar surface area (TPSA) is 67.1 Å². The first kappa shape index (κ1) is 22.4. The molecular formula is C19H31IN6. The quantitative estimate of drug-likeness (QED) is 0.283. The fraction of sp³-hybridized carbons (Fsp3) is 0.526. The third kappa shape index (κ3) is 6.59. The molecule has 2 aromatic rings. The second kappa shape index (κ2) is 11.2. The molecule has 2 N–H and O–H groups in total. The molecule has 1 aromatic heterocycles. The molecule has 0 atom stereocenters. The number of nitrogens with one attached hydrogen (secondary N) is 2. The van der Waals surface area contributed by atoms with Gasteiger partial charge in [0.1, 0.15) is 5.82 Å². The van der Waals surface area contributed by atoms with Gasteiger partial charge in [-0.1, -0.05) is 38.1 Å². The average molecular weight is 470 g/mol. The maximum Gasteiger partial charge on any atom is 0.191 e. The number of aromatic nitrogens is 3. The molecule has 7 heteroatoms. The van der Waals surface area contributed by atoms with E-state index in [1.54, 1.807) is 7.05 Å². The van der Waals surface area contributed by atoms with Gasteiger partial charge in [0.25, 0.3) is 0 Å². The van der Waals surface area contributed by atoms with Gasteiger partial charge >= 0.3 is 0 Å². The normalized spacial score (nSPS) is 11.4. The van der Waals surface area contributed by atoms with Crippen molar-refractivity contribution in [2.75, 3.05) is 13.6 Å². The van der Waals surface area contributed by atoms with Gasteiger partial charge in [0, 0.05) is 20.6 Å². The van der Waals surface area contributed by atoms with E-state index in [9.17, 15) is 0 Å². The first-order chi connectivity index (χ1) is 12.0. The van der Waals surface area contributed by atoms with Crippen molar-refractivity contribution in [1.29, 1.82) is 0 Å². The Hall–Kier alpha value is -1.64. The summed E-state index contributed by atoms with van der Waals surface area (Å²) < 4.78 is 1.97. The number of guanidine groups is 1. The summed E-state index contributed by atoms with van der Waals surface area (Å²) in [4.78, 5) is 4.25. The van der Waals surface area contributed by atoms with Crippen LogP contribution in [0.3, 0.4) is 0 Å². The molecule has 144 valence electrons. The van der Waals surface area contributed by atoms with E-state index < -0.39 is 0 Å². The zero-order valence-corrected chi connectivity index (χ0v) is 18.7. The number of benzene rings is 1. The molecule has 0 amide bonds. The Morgan fingerprint density at radius 2 is 1.85 bits per heavy atom. The number of hydrogen-bond acceptors (Lipinski definition) is 3. The van der Waals surface area contributed by atoms with Crippen molar-refractivity contribution in [2.24, 2.45) is 12.0 Å². The third-order valence-corrected chi connectivity index (χ3v) is 4.40. The highest BCUT2D eigenvalue weighted by Crippen LogP contribution is 2.15. The van der Waals surface area contributed by atoms with Gasteiger partial charge in [-0.05, 0) is 36.8 Å². The Morgan fingerprint density at radius 3 is 2.38 bits per heavy atom. The molecule has 1 heterocycles. The van der Waals surface area contributed by atoms with Gasteiger partial charge in [-0.15, -0.1) is 34.2 Å². The molecule has 1 aromatic carbocycles. The number of aryl methyl sites for hydroxylation is 2. The lowest BCUT2D eigenvalue weighted by atomic mass is 10.0. The van der Waals surface area contributed by atoms with Crippen LogP contribution in [0.4, 0.5) is 0 Å². The Kier molecular flexibility index (Phi) is 9.61. The summed E-state index contributed by atoms with van der Waals surface area (Å²) in [6.07, 6.45) is 2.12. The summed E-state index contributed by atoms with van der Waals surface area (Å²) in [7, 11) is 3.75. The van der Waals surface area contributed by atoms with Gasteiger partial charge < -0.3 is 15.2 Å². The first-order valence-electron chi connectivity index (χ1n) is 8.89. The maximum absolute atomic E-state index is 4.25. The van der Waals surface area contributed by atoms with Crippen molar-refractivity contribution in [2.45, 2.75) is 46.1 Å². The lowest BCUT2D eigenvalue weighted by Crippen LogP contribution is -2.38. The van der Waals surface area contributed by atoms with Crippen molar-refractivity contribution >= 4 is 29.9 Å². The van der Waals surface area contributed by atoms with Gasteiger partial charge in [0.15, 0.2) is 11.8 Å². The number of hydrogen-bond donors (Lipinski definition) is 2. The van der Waals surface area contributed by atoms with E-state index in [2.05, 4.69) is 63.9 Å². The number of nitrogens with zero attached hydrogens (tertiary/aromatic N) is 4. The van der Waals surface area contributed by atoms with Crippen molar-refractivity contribution in [3.8, 4) is 0 Å². The molecule has 2 rings (SSSR count). The van der Waals surface area contributed by atoms with Gasteiger partial charge in [-0.2, -0.15) is 0 Å². The van der Waals surface area contributed by atoms with Crippen LogP contribution < -0.4 is 10.6 Å². The van der Waals surface area contributed by atoms with Crippen molar-refractivity contribution < 1.29 is 0 Å². The van der Waals surface area contributed by atoms with E-state index in [1.165, 1.54) is 11.1 Å². The lowest BCUT2D eigenvalue weighted by molar-refractivity contribution is 0.704. The van der Waals surface area contributed by atoms with Crippen LogP contribution >= 0.6 is 24.0 Å². The fourth-order valence-corrected chi connectivity index (χ4v) is 2.56. The van der Waals surface area contributed by atoms with Crippen molar-refractivity contribution in [3.05, 3.63) is 47.0 Å². The molecule has 6 nitrogen and oxygen atoms in total. The molecular weight excluding hydrogens is 439 g/mol. The third-order valence-electron chi connectivity index (χ3n) is 4.40. The van der Waals surface area contributed by atoms with Crippen LogP contribution in [0.25, 0.3) is 0 Å². The zero-order chi connectivity index (χ0) is 18.2. The molecule has 0 saturated carbocycles. The molecule has 0 unspecified atom stereocenters. The van der Waals surface area contributed by atoms with Crippen LogP contribution in [0.5, 0.6) is 0 Å². The average Bonchev–Trinajstić information content (AvgIpc) is 2.93.